The van der Waals surface area contributed by atoms with Gasteiger partial charge in [0.15, 0.2) is 0 Å². The predicted octanol–water partition coefficient (Wildman–Crippen LogP) is 6.43. The lowest BCUT2D eigenvalue weighted by molar-refractivity contribution is 1.20. The van der Waals surface area contributed by atoms with Crippen molar-refractivity contribution in [2.24, 2.45) is 0 Å². The van der Waals surface area contributed by atoms with Gasteiger partial charge < -0.3 is 0 Å². The molecule has 0 radical (unpaired) electrons. The number of allylic oxidation sites excluding steroid dienone is 7. The highest BCUT2D eigenvalue weighted by Crippen LogP contribution is 2.27. The molecule has 0 N–H and O–H groups in total. The summed E-state index contributed by atoms with van der Waals surface area (Å²) in [5, 5.41) is 0. The largest absolute Gasteiger partial charge is 0.103 e. The second-order valence-corrected chi connectivity index (χ2v) is 5.80. The zero-order valence-corrected chi connectivity index (χ0v) is 14.2. The van der Waals surface area contributed by atoms with Crippen LogP contribution >= 0.6 is 0 Å². The van der Waals surface area contributed by atoms with Gasteiger partial charge in [0, 0.05) is 0 Å². The third kappa shape index (κ3) is 5.23. The Balaban J connectivity index is 3.40. The normalized spacial score (nSPS) is 12.2. The van der Waals surface area contributed by atoms with Crippen LogP contribution in [-0.2, 0) is 6.42 Å². The van der Waals surface area contributed by atoms with Crippen LogP contribution in [0.2, 0.25) is 0 Å². The quantitative estimate of drug-likeness (QED) is 0.416. The molecule has 0 amide bonds. The zero-order valence-electron chi connectivity index (χ0n) is 14.2. The van der Waals surface area contributed by atoms with Crippen molar-refractivity contribution in [1.29, 1.82) is 0 Å². The Bertz CT molecular complexity index is 576. The average molecular weight is 280 g/mol. The summed E-state index contributed by atoms with van der Waals surface area (Å²) in [6.45, 7) is 14.7. The highest BCUT2D eigenvalue weighted by molar-refractivity contribution is 5.72. The molecule has 0 saturated heterocycles. The van der Waals surface area contributed by atoms with E-state index in [1.165, 1.54) is 33.4 Å². The van der Waals surface area contributed by atoms with Gasteiger partial charge in [-0.1, -0.05) is 53.6 Å². The SMILES string of the molecule is C=CCc1cc(C)ccc1/C(C)=C(/C=C(C)C)C/C=C\C. The first kappa shape index (κ1) is 17.2. The fraction of sp³-hybridized carbons (Fsp3) is 0.333. The van der Waals surface area contributed by atoms with Crippen LogP contribution in [0.4, 0.5) is 0 Å². The van der Waals surface area contributed by atoms with Gasteiger partial charge in [-0.3, -0.25) is 0 Å². The molecular formula is C21H28. The van der Waals surface area contributed by atoms with Crippen molar-refractivity contribution >= 4 is 5.57 Å². The summed E-state index contributed by atoms with van der Waals surface area (Å²) in [7, 11) is 0. The van der Waals surface area contributed by atoms with Crippen molar-refractivity contribution < 1.29 is 0 Å². The van der Waals surface area contributed by atoms with Gasteiger partial charge in [0.1, 0.15) is 0 Å². The standard InChI is InChI=1S/C21H28/c1-7-9-11-19(14-16(3)4)18(6)21-13-12-17(5)15-20(21)10-8-2/h7-9,12-15H,2,10-11H2,1,3-6H3/b9-7-,19-18+. The maximum atomic E-state index is 3.89. The van der Waals surface area contributed by atoms with Crippen LogP contribution in [0, 0.1) is 6.92 Å². The smallest absolute Gasteiger partial charge is 0.00940 e. The maximum absolute atomic E-state index is 3.89. The van der Waals surface area contributed by atoms with Crippen LogP contribution in [0.15, 0.2) is 60.2 Å². The molecule has 0 aliphatic carbocycles. The van der Waals surface area contributed by atoms with E-state index in [4.69, 9.17) is 0 Å². The molecule has 0 fully saturated rings. The molecule has 112 valence electrons. The molecule has 0 aliphatic heterocycles. The Morgan fingerprint density at radius 3 is 2.48 bits per heavy atom. The Hall–Kier alpha value is -1.82. The predicted molar refractivity (Wildman–Crippen MR) is 96.5 cm³/mol. The Kier molecular flexibility index (Phi) is 6.94. The molecule has 0 nitrogen and oxygen atoms in total. The molecular weight excluding hydrogens is 252 g/mol. The highest BCUT2D eigenvalue weighted by atomic mass is 14.1. The minimum atomic E-state index is 0.917. The summed E-state index contributed by atoms with van der Waals surface area (Å²) in [5.74, 6) is 0. The van der Waals surface area contributed by atoms with Crippen molar-refractivity contribution in [3.8, 4) is 0 Å². The molecule has 0 heterocycles. The van der Waals surface area contributed by atoms with Crippen LogP contribution in [0.3, 0.4) is 0 Å². The number of hydrogen-bond donors (Lipinski definition) is 0. The van der Waals surface area contributed by atoms with E-state index in [1.54, 1.807) is 0 Å². The van der Waals surface area contributed by atoms with Crippen LogP contribution in [0.5, 0.6) is 0 Å². The number of rotatable bonds is 6. The second kappa shape index (κ2) is 8.46. The molecule has 1 rings (SSSR count). The lowest BCUT2D eigenvalue weighted by Crippen LogP contribution is -1.95. The summed E-state index contributed by atoms with van der Waals surface area (Å²) in [6, 6.07) is 6.72. The van der Waals surface area contributed by atoms with Gasteiger partial charge in [-0.25, -0.2) is 0 Å². The lowest BCUT2D eigenvalue weighted by atomic mass is 9.91. The van der Waals surface area contributed by atoms with Crippen LogP contribution in [-0.4, -0.2) is 0 Å². The van der Waals surface area contributed by atoms with E-state index in [0.717, 1.165) is 12.8 Å². The monoisotopic (exact) mass is 280 g/mol. The average Bonchev–Trinajstić information content (AvgIpc) is 2.43. The van der Waals surface area contributed by atoms with Crippen molar-refractivity contribution in [3.05, 3.63) is 76.9 Å². The van der Waals surface area contributed by atoms with Gasteiger partial charge in [-0.05, 0) is 69.7 Å². The third-order valence-corrected chi connectivity index (χ3v) is 3.55. The van der Waals surface area contributed by atoms with Gasteiger partial charge >= 0.3 is 0 Å². The topological polar surface area (TPSA) is 0 Å². The molecule has 0 spiro atoms. The van der Waals surface area contributed by atoms with Crippen molar-refractivity contribution in [2.75, 3.05) is 0 Å². The van der Waals surface area contributed by atoms with Crippen molar-refractivity contribution in [2.45, 2.75) is 47.5 Å². The van der Waals surface area contributed by atoms with Crippen molar-refractivity contribution in [3.63, 3.8) is 0 Å². The fourth-order valence-electron chi connectivity index (χ4n) is 2.50. The molecule has 21 heavy (non-hydrogen) atoms. The summed E-state index contributed by atoms with van der Waals surface area (Å²) in [4.78, 5) is 0. The van der Waals surface area contributed by atoms with Gasteiger partial charge in [0.2, 0.25) is 0 Å². The number of hydrogen-bond acceptors (Lipinski definition) is 0. The van der Waals surface area contributed by atoms with Crippen LogP contribution < -0.4 is 0 Å². The Morgan fingerprint density at radius 1 is 1.19 bits per heavy atom. The molecule has 0 saturated carbocycles. The third-order valence-electron chi connectivity index (χ3n) is 3.55. The molecule has 1 aromatic rings. The van der Waals surface area contributed by atoms with Crippen LogP contribution in [0.25, 0.3) is 5.57 Å². The molecule has 0 aromatic heterocycles. The van der Waals surface area contributed by atoms with Gasteiger partial charge in [-0.15, -0.1) is 6.58 Å². The summed E-state index contributed by atoms with van der Waals surface area (Å²) in [5.41, 5.74) is 8.11. The van der Waals surface area contributed by atoms with Crippen molar-refractivity contribution in [1.82, 2.24) is 0 Å². The number of benzene rings is 1. The van der Waals surface area contributed by atoms with E-state index < -0.39 is 0 Å². The minimum Gasteiger partial charge on any atom is -0.103 e. The van der Waals surface area contributed by atoms with E-state index in [-0.39, 0.29) is 0 Å². The molecule has 0 heteroatoms. The molecule has 0 bridgehead atoms. The molecule has 1 aromatic carbocycles. The summed E-state index contributed by atoms with van der Waals surface area (Å²) >= 11 is 0. The molecule has 0 atom stereocenters. The molecule has 0 unspecified atom stereocenters. The highest BCUT2D eigenvalue weighted by Gasteiger charge is 2.07. The lowest BCUT2D eigenvalue weighted by Gasteiger charge is -2.13. The minimum absolute atomic E-state index is 0.917. The van der Waals surface area contributed by atoms with Gasteiger partial charge in [0.05, 0.1) is 0 Å². The first-order chi connectivity index (χ1) is 9.99. The first-order valence-electron chi connectivity index (χ1n) is 7.66. The van der Waals surface area contributed by atoms with Gasteiger partial charge in [0.25, 0.3) is 0 Å². The van der Waals surface area contributed by atoms with E-state index in [1.807, 2.05) is 6.08 Å². The van der Waals surface area contributed by atoms with Gasteiger partial charge in [-0.2, -0.15) is 0 Å². The molecule has 0 aliphatic rings. The van der Waals surface area contributed by atoms with Crippen LogP contribution in [0.1, 0.15) is 50.8 Å². The zero-order chi connectivity index (χ0) is 15.8. The number of aryl methyl sites for hydroxylation is 1. The van der Waals surface area contributed by atoms with E-state index in [0.29, 0.717) is 0 Å². The van der Waals surface area contributed by atoms with E-state index in [9.17, 15) is 0 Å². The Labute approximate surface area is 130 Å². The summed E-state index contributed by atoms with van der Waals surface area (Å²) in [6.07, 6.45) is 10.5. The first-order valence-corrected chi connectivity index (χ1v) is 7.66. The summed E-state index contributed by atoms with van der Waals surface area (Å²) < 4.78 is 0. The Morgan fingerprint density at radius 2 is 1.90 bits per heavy atom. The van der Waals surface area contributed by atoms with E-state index >= 15 is 0 Å². The fourth-order valence-corrected chi connectivity index (χ4v) is 2.50. The second-order valence-electron chi connectivity index (χ2n) is 5.80. The van der Waals surface area contributed by atoms with E-state index in [2.05, 4.69) is 77.6 Å². The maximum Gasteiger partial charge on any atom is -0.00940 e.